The third-order valence-electron chi connectivity index (χ3n) is 2.60. The third-order valence-corrected chi connectivity index (χ3v) is 3.77. The first kappa shape index (κ1) is 12.9. The number of anilines is 1. The molecule has 0 radical (unpaired) electrons. The van der Waals surface area contributed by atoms with Crippen molar-refractivity contribution in [2.75, 3.05) is 11.5 Å². The van der Waals surface area contributed by atoms with Gasteiger partial charge in [-0.3, -0.25) is 0 Å². The zero-order valence-electron chi connectivity index (χ0n) is 9.84. The average Bonchev–Trinajstić information content (AvgIpc) is 2.38. The number of hydrogen-bond acceptors (Lipinski definition) is 3. The molecule has 0 saturated heterocycles. The first-order chi connectivity index (χ1) is 8.66. The fourth-order valence-corrected chi connectivity index (χ4v) is 2.52. The van der Waals surface area contributed by atoms with E-state index in [1.807, 2.05) is 30.3 Å². The lowest BCUT2D eigenvalue weighted by Gasteiger charge is -2.12. The topological polar surface area (TPSA) is 52.0 Å². The number of thioether (sulfide) groups is 1. The van der Waals surface area contributed by atoms with E-state index in [2.05, 4.69) is 0 Å². The van der Waals surface area contributed by atoms with Crippen LogP contribution in [-0.4, -0.2) is 5.75 Å². The summed E-state index contributed by atoms with van der Waals surface area (Å²) in [6.07, 6.45) is 0. The summed E-state index contributed by atoms with van der Waals surface area (Å²) in [5, 5.41) is 0. The lowest BCUT2D eigenvalue weighted by Crippen LogP contribution is -2.12. The minimum atomic E-state index is -0.291. The SMILES string of the molecule is Nc1ccc(SCC(N)c2ccccc2)c(F)c1. The Morgan fingerprint density at radius 2 is 1.83 bits per heavy atom. The second-order valence-electron chi connectivity index (χ2n) is 4.02. The van der Waals surface area contributed by atoms with Crippen molar-refractivity contribution in [3.8, 4) is 0 Å². The highest BCUT2D eigenvalue weighted by molar-refractivity contribution is 7.99. The van der Waals surface area contributed by atoms with Crippen molar-refractivity contribution in [1.29, 1.82) is 0 Å². The van der Waals surface area contributed by atoms with E-state index in [0.29, 0.717) is 16.3 Å². The van der Waals surface area contributed by atoms with Crippen LogP contribution in [0.3, 0.4) is 0 Å². The fraction of sp³-hybridized carbons (Fsp3) is 0.143. The molecule has 2 rings (SSSR count). The lowest BCUT2D eigenvalue weighted by molar-refractivity contribution is 0.602. The van der Waals surface area contributed by atoms with Crippen molar-refractivity contribution < 1.29 is 4.39 Å². The third kappa shape index (κ3) is 3.24. The molecule has 2 nitrogen and oxygen atoms in total. The van der Waals surface area contributed by atoms with Gasteiger partial charge >= 0.3 is 0 Å². The lowest BCUT2D eigenvalue weighted by atomic mass is 10.1. The van der Waals surface area contributed by atoms with E-state index < -0.39 is 0 Å². The van der Waals surface area contributed by atoms with Gasteiger partial charge < -0.3 is 11.5 Å². The summed E-state index contributed by atoms with van der Waals surface area (Å²) >= 11 is 1.40. The second kappa shape index (κ2) is 5.89. The molecule has 0 bridgehead atoms. The summed E-state index contributed by atoms with van der Waals surface area (Å²) in [7, 11) is 0. The first-order valence-electron chi connectivity index (χ1n) is 5.65. The molecule has 1 atom stereocenters. The predicted molar refractivity (Wildman–Crippen MR) is 74.9 cm³/mol. The summed E-state index contributed by atoms with van der Waals surface area (Å²) in [4.78, 5) is 0.579. The maximum Gasteiger partial charge on any atom is 0.138 e. The van der Waals surface area contributed by atoms with Gasteiger partial charge in [0.2, 0.25) is 0 Å². The summed E-state index contributed by atoms with van der Waals surface area (Å²) in [6.45, 7) is 0. The maximum absolute atomic E-state index is 13.6. The van der Waals surface area contributed by atoms with Crippen molar-refractivity contribution in [1.82, 2.24) is 0 Å². The Hall–Kier alpha value is -1.52. The van der Waals surface area contributed by atoms with Crippen LogP contribution in [0.5, 0.6) is 0 Å². The molecule has 0 spiro atoms. The molecule has 0 aromatic heterocycles. The molecule has 0 aliphatic carbocycles. The van der Waals surface area contributed by atoms with Crippen molar-refractivity contribution >= 4 is 17.4 Å². The van der Waals surface area contributed by atoms with Gasteiger partial charge in [0.05, 0.1) is 0 Å². The number of halogens is 1. The molecule has 0 saturated carbocycles. The molecule has 0 fully saturated rings. The normalized spacial score (nSPS) is 12.3. The molecular formula is C14H15FN2S. The molecule has 0 amide bonds. The van der Waals surface area contributed by atoms with Gasteiger partial charge in [-0.05, 0) is 23.8 Å². The highest BCUT2D eigenvalue weighted by Gasteiger charge is 2.08. The van der Waals surface area contributed by atoms with Gasteiger partial charge in [-0.1, -0.05) is 30.3 Å². The number of benzene rings is 2. The van der Waals surface area contributed by atoms with Crippen LogP contribution in [0.4, 0.5) is 10.1 Å². The Bertz CT molecular complexity index is 516. The van der Waals surface area contributed by atoms with Gasteiger partial charge in [0.25, 0.3) is 0 Å². The molecule has 2 aromatic carbocycles. The van der Waals surface area contributed by atoms with Crippen LogP contribution in [0.25, 0.3) is 0 Å². The van der Waals surface area contributed by atoms with Crippen molar-refractivity contribution in [3.63, 3.8) is 0 Å². The minimum Gasteiger partial charge on any atom is -0.399 e. The van der Waals surface area contributed by atoms with Crippen LogP contribution in [0.15, 0.2) is 53.4 Å². The quantitative estimate of drug-likeness (QED) is 0.657. The van der Waals surface area contributed by atoms with E-state index in [1.54, 1.807) is 12.1 Å². The zero-order chi connectivity index (χ0) is 13.0. The number of hydrogen-bond donors (Lipinski definition) is 2. The fourth-order valence-electron chi connectivity index (χ4n) is 1.61. The van der Waals surface area contributed by atoms with Crippen LogP contribution >= 0.6 is 11.8 Å². The first-order valence-corrected chi connectivity index (χ1v) is 6.64. The number of rotatable bonds is 4. The molecule has 94 valence electrons. The molecular weight excluding hydrogens is 247 g/mol. The Labute approximate surface area is 110 Å². The van der Waals surface area contributed by atoms with Crippen LogP contribution in [-0.2, 0) is 0 Å². The molecule has 1 unspecified atom stereocenters. The van der Waals surface area contributed by atoms with E-state index in [0.717, 1.165) is 5.56 Å². The summed E-state index contributed by atoms with van der Waals surface area (Å²) in [6, 6.07) is 14.4. The highest BCUT2D eigenvalue weighted by Crippen LogP contribution is 2.26. The number of nitrogens with two attached hydrogens (primary N) is 2. The average molecular weight is 262 g/mol. The summed E-state index contributed by atoms with van der Waals surface area (Å²) in [5.74, 6) is 0.338. The maximum atomic E-state index is 13.6. The Morgan fingerprint density at radius 3 is 2.50 bits per heavy atom. The van der Waals surface area contributed by atoms with Crippen LogP contribution in [0.2, 0.25) is 0 Å². The van der Waals surface area contributed by atoms with Gasteiger partial charge in [0, 0.05) is 22.4 Å². The molecule has 2 aromatic rings. The van der Waals surface area contributed by atoms with E-state index in [-0.39, 0.29) is 11.9 Å². The number of nitrogen functional groups attached to an aromatic ring is 1. The Balaban J connectivity index is 1.99. The molecule has 0 heterocycles. The van der Waals surface area contributed by atoms with Gasteiger partial charge in [-0.25, -0.2) is 4.39 Å². The van der Waals surface area contributed by atoms with Crippen LogP contribution in [0.1, 0.15) is 11.6 Å². The van der Waals surface area contributed by atoms with Gasteiger partial charge in [-0.2, -0.15) is 0 Å². The predicted octanol–water partition coefficient (Wildman–Crippen LogP) is 3.20. The largest absolute Gasteiger partial charge is 0.399 e. The second-order valence-corrected chi connectivity index (χ2v) is 5.08. The standard InChI is InChI=1S/C14H15FN2S/c15-12-8-11(16)6-7-14(12)18-9-13(17)10-4-2-1-3-5-10/h1-8,13H,9,16-17H2. The molecule has 0 aliphatic rings. The van der Waals surface area contributed by atoms with Crippen molar-refractivity contribution in [2.24, 2.45) is 5.73 Å². The molecule has 0 aliphatic heterocycles. The van der Waals surface area contributed by atoms with E-state index in [1.165, 1.54) is 17.8 Å². The molecule has 4 N–H and O–H groups in total. The van der Waals surface area contributed by atoms with Crippen molar-refractivity contribution in [3.05, 3.63) is 59.9 Å². The molecule has 18 heavy (non-hydrogen) atoms. The minimum absolute atomic E-state index is 0.104. The Morgan fingerprint density at radius 1 is 1.11 bits per heavy atom. The Kier molecular flexibility index (Phi) is 4.23. The van der Waals surface area contributed by atoms with Crippen molar-refractivity contribution in [2.45, 2.75) is 10.9 Å². The van der Waals surface area contributed by atoms with Crippen LogP contribution in [0, 0.1) is 5.82 Å². The van der Waals surface area contributed by atoms with Gasteiger partial charge in [-0.15, -0.1) is 11.8 Å². The van der Waals surface area contributed by atoms with Crippen LogP contribution < -0.4 is 11.5 Å². The van der Waals surface area contributed by atoms with Gasteiger partial charge in [0.15, 0.2) is 0 Å². The molecule has 4 heteroatoms. The van der Waals surface area contributed by atoms with Gasteiger partial charge in [0.1, 0.15) is 5.82 Å². The van der Waals surface area contributed by atoms with E-state index >= 15 is 0 Å². The zero-order valence-corrected chi connectivity index (χ0v) is 10.7. The van der Waals surface area contributed by atoms with E-state index in [9.17, 15) is 4.39 Å². The smallest absolute Gasteiger partial charge is 0.138 e. The van der Waals surface area contributed by atoms with E-state index in [4.69, 9.17) is 11.5 Å². The summed E-state index contributed by atoms with van der Waals surface area (Å²) in [5.41, 5.74) is 13.0. The highest BCUT2D eigenvalue weighted by atomic mass is 32.2. The summed E-state index contributed by atoms with van der Waals surface area (Å²) < 4.78 is 13.6. The monoisotopic (exact) mass is 262 g/mol.